The number of anilines is 1. The van der Waals surface area contributed by atoms with Crippen LogP contribution in [-0.2, 0) is 14.3 Å². The Hall–Kier alpha value is -3.53. The van der Waals surface area contributed by atoms with Gasteiger partial charge in [-0.3, -0.25) is 24.7 Å². The normalized spacial score (nSPS) is 11.6. The van der Waals surface area contributed by atoms with Gasteiger partial charge < -0.3 is 10.1 Å². The van der Waals surface area contributed by atoms with Crippen molar-refractivity contribution in [2.24, 2.45) is 0 Å². The topological polar surface area (TPSA) is 124 Å². The Morgan fingerprint density at radius 1 is 1.21 bits per heavy atom. The van der Waals surface area contributed by atoms with Gasteiger partial charge in [-0.25, -0.2) is 4.98 Å². The summed E-state index contributed by atoms with van der Waals surface area (Å²) in [6.45, 7) is 1.42. The molecule has 9 nitrogen and oxygen atoms in total. The Labute approximate surface area is 169 Å². The Balaban J connectivity index is 1.52. The number of fused-ring (bicyclic) bond motifs is 1. The van der Waals surface area contributed by atoms with Gasteiger partial charge in [-0.15, -0.1) is 0 Å². The van der Waals surface area contributed by atoms with Crippen molar-refractivity contribution in [3.63, 3.8) is 0 Å². The van der Waals surface area contributed by atoms with Gasteiger partial charge in [0.1, 0.15) is 5.03 Å². The molecule has 3 aromatic rings. The van der Waals surface area contributed by atoms with E-state index in [9.17, 15) is 19.7 Å². The van der Waals surface area contributed by atoms with Gasteiger partial charge in [0, 0.05) is 17.8 Å². The molecule has 0 radical (unpaired) electrons. The van der Waals surface area contributed by atoms with Crippen molar-refractivity contribution in [1.29, 1.82) is 0 Å². The first-order valence-electron chi connectivity index (χ1n) is 8.52. The SMILES string of the molecule is CC(OC(=O)CSc1cnc2ccccc2n1)C(=O)Nc1cccc([N+](=O)[O-])c1. The highest BCUT2D eigenvalue weighted by Crippen LogP contribution is 2.19. The molecule has 2 aromatic carbocycles. The van der Waals surface area contributed by atoms with Crippen molar-refractivity contribution in [2.75, 3.05) is 11.1 Å². The Kier molecular flexibility index (Phi) is 6.35. The average Bonchev–Trinajstić information content (AvgIpc) is 2.72. The van der Waals surface area contributed by atoms with E-state index < -0.39 is 22.9 Å². The van der Waals surface area contributed by atoms with Gasteiger partial charge in [0.25, 0.3) is 11.6 Å². The second-order valence-electron chi connectivity index (χ2n) is 5.91. The van der Waals surface area contributed by atoms with E-state index in [1.807, 2.05) is 24.3 Å². The third-order valence-electron chi connectivity index (χ3n) is 3.77. The van der Waals surface area contributed by atoms with E-state index in [-0.39, 0.29) is 17.1 Å². The van der Waals surface area contributed by atoms with Crippen LogP contribution < -0.4 is 5.32 Å². The highest BCUT2D eigenvalue weighted by atomic mass is 32.2. The molecule has 148 valence electrons. The number of aromatic nitrogens is 2. The van der Waals surface area contributed by atoms with Crippen LogP contribution in [0.1, 0.15) is 6.92 Å². The average molecular weight is 412 g/mol. The maximum absolute atomic E-state index is 12.2. The number of rotatable bonds is 7. The standard InChI is InChI=1S/C19H16N4O5S/c1-12(19(25)21-13-5-4-6-14(9-13)23(26)27)28-18(24)11-29-17-10-20-15-7-2-3-8-16(15)22-17/h2-10,12H,11H2,1H3,(H,21,25). The third-order valence-corrected chi connectivity index (χ3v) is 4.64. The number of benzene rings is 2. The number of nitrogens with zero attached hydrogens (tertiary/aromatic N) is 3. The van der Waals surface area contributed by atoms with Crippen molar-refractivity contribution in [3.05, 3.63) is 64.8 Å². The van der Waals surface area contributed by atoms with Crippen LogP contribution in [0.25, 0.3) is 11.0 Å². The van der Waals surface area contributed by atoms with Gasteiger partial charge in [0.05, 0.1) is 27.9 Å². The monoisotopic (exact) mass is 412 g/mol. The fraction of sp³-hybridized carbons (Fsp3) is 0.158. The number of nitro groups is 1. The van der Waals surface area contributed by atoms with Gasteiger partial charge in [-0.1, -0.05) is 30.0 Å². The zero-order chi connectivity index (χ0) is 20.8. The van der Waals surface area contributed by atoms with E-state index in [2.05, 4.69) is 15.3 Å². The van der Waals surface area contributed by atoms with Crippen LogP contribution in [-0.4, -0.2) is 38.6 Å². The summed E-state index contributed by atoms with van der Waals surface area (Å²) in [4.78, 5) is 43.1. The van der Waals surface area contributed by atoms with Gasteiger partial charge in [0.2, 0.25) is 0 Å². The summed E-state index contributed by atoms with van der Waals surface area (Å²) in [5.41, 5.74) is 1.56. The lowest BCUT2D eigenvalue weighted by Gasteiger charge is -2.13. The van der Waals surface area contributed by atoms with Crippen LogP contribution in [0.5, 0.6) is 0 Å². The zero-order valence-electron chi connectivity index (χ0n) is 15.3. The van der Waals surface area contributed by atoms with E-state index in [0.717, 1.165) is 22.8 Å². The molecule has 29 heavy (non-hydrogen) atoms. The molecule has 0 bridgehead atoms. The van der Waals surface area contributed by atoms with Crippen LogP contribution in [0.15, 0.2) is 59.8 Å². The number of nitrogens with one attached hydrogen (secondary N) is 1. The summed E-state index contributed by atoms with van der Waals surface area (Å²) >= 11 is 1.15. The largest absolute Gasteiger partial charge is 0.452 e. The van der Waals surface area contributed by atoms with Crippen molar-refractivity contribution >= 4 is 46.0 Å². The molecule has 1 atom stereocenters. The van der Waals surface area contributed by atoms with E-state index in [1.54, 1.807) is 6.20 Å². The quantitative estimate of drug-likeness (QED) is 0.271. The fourth-order valence-corrected chi connectivity index (χ4v) is 2.99. The highest BCUT2D eigenvalue weighted by Gasteiger charge is 2.19. The molecule has 10 heteroatoms. The molecule has 0 spiro atoms. The maximum atomic E-state index is 12.2. The molecule has 1 heterocycles. The van der Waals surface area contributed by atoms with Gasteiger partial charge >= 0.3 is 5.97 Å². The molecular formula is C19H16N4O5S. The molecule has 0 saturated heterocycles. The summed E-state index contributed by atoms with van der Waals surface area (Å²) in [6, 6.07) is 12.9. The second kappa shape index (κ2) is 9.11. The van der Waals surface area contributed by atoms with E-state index >= 15 is 0 Å². The Morgan fingerprint density at radius 2 is 1.97 bits per heavy atom. The lowest BCUT2D eigenvalue weighted by molar-refractivity contribution is -0.384. The highest BCUT2D eigenvalue weighted by molar-refractivity contribution is 7.99. The van der Waals surface area contributed by atoms with Crippen LogP contribution in [0, 0.1) is 10.1 Å². The molecular weight excluding hydrogens is 396 g/mol. The number of esters is 1. The van der Waals surface area contributed by atoms with E-state index in [4.69, 9.17) is 4.74 Å². The number of nitro benzene ring substituents is 1. The number of hydrogen-bond donors (Lipinski definition) is 1. The van der Waals surface area contributed by atoms with Crippen LogP contribution in [0.2, 0.25) is 0 Å². The summed E-state index contributed by atoms with van der Waals surface area (Å²) in [7, 11) is 0. The third kappa shape index (κ3) is 5.48. The van der Waals surface area contributed by atoms with Crippen LogP contribution >= 0.6 is 11.8 Å². The van der Waals surface area contributed by atoms with Gasteiger partial charge in [-0.05, 0) is 25.1 Å². The van der Waals surface area contributed by atoms with Crippen molar-refractivity contribution in [2.45, 2.75) is 18.1 Å². The molecule has 0 aliphatic heterocycles. The Bertz CT molecular complexity index is 1080. The number of amides is 1. The Morgan fingerprint density at radius 3 is 2.72 bits per heavy atom. The molecule has 1 aromatic heterocycles. The summed E-state index contributed by atoms with van der Waals surface area (Å²) in [5, 5.41) is 13.8. The second-order valence-corrected chi connectivity index (χ2v) is 6.91. The smallest absolute Gasteiger partial charge is 0.317 e. The van der Waals surface area contributed by atoms with Gasteiger partial charge in [-0.2, -0.15) is 0 Å². The first-order valence-corrected chi connectivity index (χ1v) is 9.50. The molecule has 0 aliphatic carbocycles. The molecule has 1 N–H and O–H groups in total. The number of thioether (sulfide) groups is 1. The number of para-hydroxylation sites is 2. The zero-order valence-corrected chi connectivity index (χ0v) is 16.1. The maximum Gasteiger partial charge on any atom is 0.317 e. The predicted molar refractivity (Wildman–Crippen MR) is 108 cm³/mol. The number of ether oxygens (including phenoxy) is 1. The number of carbonyl (C=O) groups excluding carboxylic acids is 2. The molecule has 3 rings (SSSR count). The number of carbonyl (C=O) groups is 2. The van der Waals surface area contributed by atoms with Crippen LogP contribution in [0.4, 0.5) is 11.4 Å². The van der Waals surface area contributed by atoms with Crippen molar-refractivity contribution in [3.8, 4) is 0 Å². The number of hydrogen-bond acceptors (Lipinski definition) is 8. The fourth-order valence-electron chi connectivity index (χ4n) is 2.37. The first kappa shape index (κ1) is 20.2. The summed E-state index contributed by atoms with van der Waals surface area (Å²) in [6.07, 6.45) is 0.503. The van der Waals surface area contributed by atoms with Gasteiger partial charge in [0.15, 0.2) is 6.10 Å². The minimum atomic E-state index is -1.06. The molecule has 0 saturated carbocycles. The molecule has 1 unspecified atom stereocenters. The van der Waals surface area contributed by atoms with Crippen molar-refractivity contribution < 1.29 is 19.2 Å². The molecule has 0 aliphatic rings. The van der Waals surface area contributed by atoms with Crippen LogP contribution in [0.3, 0.4) is 0 Å². The first-order chi connectivity index (χ1) is 13.9. The minimum absolute atomic E-state index is 0.0402. The minimum Gasteiger partial charge on any atom is -0.452 e. The molecule has 0 fully saturated rings. The lowest BCUT2D eigenvalue weighted by Crippen LogP contribution is -2.30. The lowest BCUT2D eigenvalue weighted by atomic mass is 10.2. The molecule has 1 amide bonds. The summed E-state index contributed by atoms with van der Waals surface area (Å²) < 4.78 is 5.12. The van der Waals surface area contributed by atoms with E-state index in [1.165, 1.54) is 31.2 Å². The van der Waals surface area contributed by atoms with Crippen molar-refractivity contribution in [1.82, 2.24) is 9.97 Å². The number of non-ortho nitro benzene ring substituents is 1. The van der Waals surface area contributed by atoms with E-state index in [0.29, 0.717) is 5.03 Å². The summed E-state index contributed by atoms with van der Waals surface area (Å²) in [5.74, 6) is -1.22. The predicted octanol–water partition coefficient (Wildman–Crippen LogP) is 3.20.